The molecule has 1 saturated heterocycles. The van der Waals surface area contributed by atoms with E-state index in [1.165, 1.54) is 28.6 Å². The quantitative estimate of drug-likeness (QED) is 0.705. The normalized spacial score (nSPS) is 17.9. The van der Waals surface area contributed by atoms with Crippen molar-refractivity contribution in [2.75, 3.05) is 13.2 Å². The van der Waals surface area contributed by atoms with E-state index in [0.717, 1.165) is 12.8 Å². The number of nitrogens with zero attached hydrogens (tertiary/aromatic N) is 1. The lowest BCUT2D eigenvalue weighted by Crippen LogP contribution is -2.37. The highest BCUT2D eigenvalue weighted by Crippen LogP contribution is 2.25. The van der Waals surface area contributed by atoms with Gasteiger partial charge in [-0.25, -0.2) is 22.0 Å². The molecule has 1 fully saturated rings. The molecule has 0 bridgehead atoms. The first-order valence-corrected chi connectivity index (χ1v) is 12.0. The number of halogens is 1. The molecule has 152 valence electrons. The molecule has 0 aliphatic carbocycles. The van der Waals surface area contributed by atoms with Crippen molar-refractivity contribution in [1.82, 2.24) is 4.31 Å². The van der Waals surface area contributed by atoms with Crippen molar-refractivity contribution in [2.45, 2.75) is 35.3 Å². The summed E-state index contributed by atoms with van der Waals surface area (Å²) in [6.45, 7) is 0.872. The van der Waals surface area contributed by atoms with Gasteiger partial charge in [-0.3, -0.25) is 0 Å². The molecule has 0 saturated carbocycles. The van der Waals surface area contributed by atoms with E-state index in [2.05, 4.69) is 0 Å². The molecule has 7 nitrogen and oxygen atoms in total. The SMILES string of the molecule is NS(=O)(=O)c1ccc(S(=O)(=O)N(Cc2ccccc2Cl)C[C@@H]2CCCO2)cc1. The Morgan fingerprint density at radius 3 is 2.25 bits per heavy atom. The van der Waals surface area contributed by atoms with Crippen molar-refractivity contribution < 1.29 is 21.6 Å². The Balaban J connectivity index is 1.94. The van der Waals surface area contributed by atoms with E-state index in [0.29, 0.717) is 17.2 Å². The van der Waals surface area contributed by atoms with Crippen LogP contribution in [0.3, 0.4) is 0 Å². The van der Waals surface area contributed by atoms with Crippen molar-refractivity contribution in [1.29, 1.82) is 0 Å². The highest BCUT2D eigenvalue weighted by molar-refractivity contribution is 7.89. The van der Waals surface area contributed by atoms with Gasteiger partial charge in [0, 0.05) is 24.7 Å². The Kier molecular flexibility index (Phi) is 6.43. The van der Waals surface area contributed by atoms with E-state index in [-0.39, 0.29) is 29.0 Å². The molecular formula is C18H21ClN2O5S2. The van der Waals surface area contributed by atoms with E-state index in [1.807, 2.05) is 0 Å². The standard InChI is InChI=1S/C18H21ClN2O5S2/c19-18-6-2-1-4-14(18)12-21(13-15-5-3-11-26-15)28(24,25)17-9-7-16(8-10-17)27(20,22)23/h1-2,4,6-10,15H,3,5,11-13H2,(H2,20,22,23)/t15-/m0/s1. The lowest BCUT2D eigenvalue weighted by Gasteiger charge is -2.25. The van der Waals surface area contributed by atoms with Crippen molar-refractivity contribution in [3.8, 4) is 0 Å². The fraction of sp³-hybridized carbons (Fsp3) is 0.333. The van der Waals surface area contributed by atoms with Crippen LogP contribution in [0.5, 0.6) is 0 Å². The second-order valence-corrected chi connectivity index (χ2v) is 10.4. The molecule has 1 aliphatic rings. The predicted molar refractivity (Wildman–Crippen MR) is 106 cm³/mol. The van der Waals surface area contributed by atoms with Crippen LogP contribution >= 0.6 is 11.6 Å². The predicted octanol–water partition coefficient (Wildman–Crippen LogP) is 2.36. The summed E-state index contributed by atoms with van der Waals surface area (Å²) in [7, 11) is -7.81. The molecule has 1 atom stereocenters. The number of hydrogen-bond donors (Lipinski definition) is 1. The third kappa shape index (κ3) is 4.91. The summed E-state index contributed by atoms with van der Waals surface area (Å²) in [5.41, 5.74) is 0.673. The first-order valence-electron chi connectivity index (χ1n) is 8.66. The van der Waals surface area contributed by atoms with Gasteiger partial charge in [0.25, 0.3) is 0 Å². The third-order valence-corrected chi connectivity index (χ3v) is 7.65. The first-order chi connectivity index (χ1) is 13.2. The Morgan fingerprint density at radius 1 is 1.04 bits per heavy atom. The molecule has 1 aliphatic heterocycles. The third-order valence-electron chi connectivity index (χ3n) is 4.53. The minimum atomic E-state index is -3.91. The minimum absolute atomic E-state index is 0.0232. The Morgan fingerprint density at radius 2 is 1.68 bits per heavy atom. The molecule has 2 aromatic carbocycles. The van der Waals surface area contributed by atoms with E-state index in [1.54, 1.807) is 24.3 Å². The molecule has 3 rings (SSSR count). The largest absolute Gasteiger partial charge is 0.377 e. The number of sulfonamides is 2. The number of hydrogen-bond acceptors (Lipinski definition) is 5. The van der Waals surface area contributed by atoms with Crippen LogP contribution in [0, 0.1) is 0 Å². The summed E-state index contributed by atoms with van der Waals surface area (Å²) >= 11 is 6.22. The van der Waals surface area contributed by atoms with Gasteiger partial charge >= 0.3 is 0 Å². The summed E-state index contributed by atoms with van der Waals surface area (Å²) < 4.78 is 56.3. The van der Waals surface area contributed by atoms with Crippen molar-refractivity contribution in [3.63, 3.8) is 0 Å². The van der Waals surface area contributed by atoms with Crippen LogP contribution < -0.4 is 5.14 Å². The van der Waals surface area contributed by atoms with E-state index in [9.17, 15) is 16.8 Å². The maximum atomic E-state index is 13.2. The fourth-order valence-corrected chi connectivity index (χ4v) is 5.19. The van der Waals surface area contributed by atoms with Crippen molar-refractivity contribution >= 4 is 31.6 Å². The lowest BCUT2D eigenvalue weighted by molar-refractivity contribution is 0.0926. The second-order valence-electron chi connectivity index (χ2n) is 6.54. The smallest absolute Gasteiger partial charge is 0.243 e. The number of rotatable bonds is 7. The van der Waals surface area contributed by atoms with Crippen LogP contribution in [-0.4, -0.2) is 40.4 Å². The number of nitrogens with two attached hydrogens (primary N) is 1. The van der Waals surface area contributed by atoms with Crippen molar-refractivity contribution in [3.05, 3.63) is 59.1 Å². The zero-order valence-corrected chi connectivity index (χ0v) is 17.4. The lowest BCUT2D eigenvalue weighted by atomic mass is 10.2. The average molecular weight is 445 g/mol. The molecular weight excluding hydrogens is 424 g/mol. The fourth-order valence-electron chi connectivity index (χ4n) is 3.03. The Bertz CT molecular complexity index is 1030. The van der Waals surface area contributed by atoms with Crippen LogP contribution in [0.1, 0.15) is 18.4 Å². The molecule has 0 spiro atoms. The zero-order valence-electron chi connectivity index (χ0n) is 15.0. The maximum Gasteiger partial charge on any atom is 0.243 e. The topological polar surface area (TPSA) is 107 Å². The maximum absolute atomic E-state index is 13.2. The van der Waals surface area contributed by atoms with E-state index in [4.69, 9.17) is 21.5 Å². The van der Waals surface area contributed by atoms with Crippen LogP contribution in [0.15, 0.2) is 58.3 Å². The van der Waals surface area contributed by atoms with E-state index >= 15 is 0 Å². The molecule has 10 heteroatoms. The molecule has 0 unspecified atom stereocenters. The van der Waals surface area contributed by atoms with Gasteiger partial charge < -0.3 is 4.74 Å². The zero-order chi connectivity index (χ0) is 20.4. The first kappa shape index (κ1) is 21.2. The van der Waals surface area contributed by atoms with Crippen LogP contribution in [-0.2, 0) is 31.3 Å². The van der Waals surface area contributed by atoms with Gasteiger partial charge in [-0.15, -0.1) is 0 Å². The van der Waals surface area contributed by atoms with Crippen LogP contribution in [0.2, 0.25) is 5.02 Å². The van der Waals surface area contributed by atoms with Gasteiger partial charge in [0.1, 0.15) is 0 Å². The number of ether oxygens (including phenoxy) is 1. The summed E-state index contributed by atoms with van der Waals surface area (Å²) in [5, 5.41) is 5.56. The van der Waals surface area contributed by atoms with Crippen molar-refractivity contribution in [2.24, 2.45) is 5.14 Å². The minimum Gasteiger partial charge on any atom is -0.377 e. The highest BCUT2D eigenvalue weighted by Gasteiger charge is 2.30. The summed E-state index contributed by atoms with van der Waals surface area (Å²) in [6.07, 6.45) is 1.47. The second kappa shape index (κ2) is 8.48. The van der Waals surface area contributed by atoms with Gasteiger partial charge in [-0.1, -0.05) is 29.8 Å². The molecule has 2 N–H and O–H groups in total. The summed E-state index contributed by atoms with van der Waals surface area (Å²) in [5.74, 6) is 0. The molecule has 0 aromatic heterocycles. The molecule has 0 radical (unpaired) electrons. The van der Waals surface area contributed by atoms with Crippen LogP contribution in [0.25, 0.3) is 0 Å². The number of primary sulfonamides is 1. The van der Waals surface area contributed by atoms with Gasteiger partial charge in [-0.05, 0) is 48.7 Å². The van der Waals surface area contributed by atoms with Gasteiger partial charge in [-0.2, -0.15) is 4.31 Å². The molecule has 0 amide bonds. The Hall–Kier alpha value is -1.49. The highest BCUT2D eigenvalue weighted by atomic mass is 35.5. The summed E-state index contributed by atoms with van der Waals surface area (Å²) in [6, 6.07) is 11.9. The van der Waals surface area contributed by atoms with Gasteiger partial charge in [0.05, 0.1) is 15.9 Å². The van der Waals surface area contributed by atoms with Crippen LogP contribution in [0.4, 0.5) is 0 Å². The van der Waals surface area contributed by atoms with Gasteiger partial charge in [0.2, 0.25) is 20.0 Å². The van der Waals surface area contributed by atoms with E-state index < -0.39 is 20.0 Å². The summed E-state index contributed by atoms with van der Waals surface area (Å²) in [4.78, 5) is -0.173. The molecule has 28 heavy (non-hydrogen) atoms. The number of benzene rings is 2. The average Bonchev–Trinajstić information content (AvgIpc) is 3.15. The Labute approximate surface area is 170 Å². The molecule has 2 aromatic rings. The monoisotopic (exact) mass is 444 g/mol. The van der Waals surface area contributed by atoms with Gasteiger partial charge in [0.15, 0.2) is 0 Å². The molecule has 1 heterocycles.